The van der Waals surface area contributed by atoms with Gasteiger partial charge >= 0.3 is 6.03 Å². The maximum atomic E-state index is 11.9. The Morgan fingerprint density at radius 1 is 1.28 bits per heavy atom. The molecule has 0 spiro atoms. The third-order valence-electron chi connectivity index (χ3n) is 2.89. The van der Waals surface area contributed by atoms with Crippen molar-refractivity contribution in [2.45, 2.75) is 51.7 Å². The van der Waals surface area contributed by atoms with Crippen LogP contribution in [0, 0.1) is 5.92 Å². The summed E-state index contributed by atoms with van der Waals surface area (Å²) in [6.07, 6.45) is 2.75. The van der Waals surface area contributed by atoms with Crippen molar-refractivity contribution in [2.24, 2.45) is 11.7 Å². The second-order valence-electron chi connectivity index (χ2n) is 5.19. The normalized spacial score (nSPS) is 26.9. The van der Waals surface area contributed by atoms with Gasteiger partial charge in [0.2, 0.25) is 5.91 Å². The van der Waals surface area contributed by atoms with E-state index >= 15 is 0 Å². The van der Waals surface area contributed by atoms with E-state index in [2.05, 4.69) is 16.0 Å². The highest BCUT2D eigenvalue weighted by Gasteiger charge is 2.22. The molecular weight excluding hydrogens is 232 g/mol. The van der Waals surface area contributed by atoms with Gasteiger partial charge in [-0.1, -0.05) is 13.8 Å². The Kier molecular flexibility index (Phi) is 5.91. The number of carbonyl (C=O) groups excluding carboxylic acids is 2. The number of rotatable bonds is 2. The fourth-order valence-electron chi connectivity index (χ4n) is 1.97. The summed E-state index contributed by atoms with van der Waals surface area (Å²) in [7, 11) is 0. The molecule has 1 aliphatic rings. The van der Waals surface area contributed by atoms with Gasteiger partial charge in [-0.2, -0.15) is 0 Å². The Labute approximate surface area is 108 Å². The van der Waals surface area contributed by atoms with Crippen molar-refractivity contribution in [1.82, 2.24) is 16.0 Å². The average Bonchev–Trinajstić information content (AvgIpc) is 2.27. The number of carbonyl (C=O) groups is 2. The molecule has 2 unspecified atom stereocenters. The lowest BCUT2D eigenvalue weighted by atomic mass is 10.0. The first-order valence-electron chi connectivity index (χ1n) is 6.59. The van der Waals surface area contributed by atoms with Crippen LogP contribution in [-0.4, -0.2) is 30.7 Å². The Balaban J connectivity index is 2.66. The first-order chi connectivity index (χ1) is 8.49. The summed E-state index contributed by atoms with van der Waals surface area (Å²) in [6, 6.07) is -0.861. The Hall–Kier alpha value is -1.30. The van der Waals surface area contributed by atoms with Gasteiger partial charge < -0.3 is 21.7 Å². The van der Waals surface area contributed by atoms with Crippen molar-refractivity contribution in [1.29, 1.82) is 0 Å². The van der Waals surface area contributed by atoms with Crippen LogP contribution >= 0.6 is 0 Å². The van der Waals surface area contributed by atoms with Crippen LogP contribution in [0.5, 0.6) is 0 Å². The molecule has 0 radical (unpaired) electrons. The van der Waals surface area contributed by atoms with Crippen molar-refractivity contribution in [3.05, 3.63) is 0 Å². The summed E-state index contributed by atoms with van der Waals surface area (Å²) in [5.74, 6) is 0.217. The van der Waals surface area contributed by atoms with Crippen molar-refractivity contribution in [2.75, 3.05) is 6.54 Å². The molecule has 3 amide bonds. The minimum Gasteiger partial charge on any atom is -0.354 e. The van der Waals surface area contributed by atoms with Crippen LogP contribution in [0.1, 0.15) is 39.5 Å². The fourth-order valence-corrected chi connectivity index (χ4v) is 1.97. The molecule has 0 aromatic rings. The molecule has 2 atom stereocenters. The van der Waals surface area contributed by atoms with Gasteiger partial charge in [-0.15, -0.1) is 0 Å². The number of nitrogens with one attached hydrogen (secondary N) is 3. The Bertz CT molecular complexity index is 294. The van der Waals surface area contributed by atoms with Gasteiger partial charge in [0.25, 0.3) is 0 Å². The minimum atomic E-state index is -0.490. The number of hydrogen-bond donors (Lipinski definition) is 4. The van der Waals surface area contributed by atoms with E-state index in [1.165, 1.54) is 0 Å². The first-order valence-corrected chi connectivity index (χ1v) is 6.59. The second kappa shape index (κ2) is 7.20. The molecule has 6 heteroatoms. The Morgan fingerprint density at radius 2 is 2.00 bits per heavy atom. The number of amides is 3. The molecule has 5 N–H and O–H groups in total. The van der Waals surface area contributed by atoms with Crippen LogP contribution in [0.4, 0.5) is 4.79 Å². The van der Waals surface area contributed by atoms with Gasteiger partial charge in [-0.25, -0.2) is 4.79 Å². The number of nitrogens with two attached hydrogens (primary N) is 1. The maximum Gasteiger partial charge on any atom is 0.316 e. The van der Waals surface area contributed by atoms with Crippen LogP contribution in [0.25, 0.3) is 0 Å². The molecule has 1 rings (SSSR count). The zero-order valence-corrected chi connectivity index (χ0v) is 11.2. The first kappa shape index (κ1) is 14.8. The topological polar surface area (TPSA) is 96.2 Å². The molecular formula is C12H24N4O2. The van der Waals surface area contributed by atoms with E-state index in [-0.39, 0.29) is 18.1 Å². The summed E-state index contributed by atoms with van der Waals surface area (Å²) in [6.45, 7) is 4.67. The maximum absolute atomic E-state index is 11.9. The summed E-state index contributed by atoms with van der Waals surface area (Å²) in [5.41, 5.74) is 5.77. The summed E-state index contributed by atoms with van der Waals surface area (Å²) in [5, 5.41) is 8.18. The number of urea groups is 1. The minimum absolute atomic E-state index is 0.116. The van der Waals surface area contributed by atoms with Gasteiger partial charge in [0, 0.05) is 6.54 Å². The largest absolute Gasteiger partial charge is 0.354 e. The van der Waals surface area contributed by atoms with Gasteiger partial charge in [0.05, 0.1) is 6.17 Å². The highest BCUT2D eigenvalue weighted by molar-refractivity contribution is 5.87. The van der Waals surface area contributed by atoms with Gasteiger partial charge in [0.1, 0.15) is 6.04 Å². The summed E-state index contributed by atoms with van der Waals surface area (Å²) >= 11 is 0. The second-order valence-corrected chi connectivity index (χ2v) is 5.19. The third kappa shape index (κ3) is 5.35. The van der Waals surface area contributed by atoms with E-state index in [0.29, 0.717) is 18.9 Å². The molecule has 18 heavy (non-hydrogen) atoms. The predicted molar refractivity (Wildman–Crippen MR) is 69.7 cm³/mol. The molecule has 0 aromatic carbocycles. The van der Waals surface area contributed by atoms with Crippen LogP contribution in [-0.2, 0) is 4.79 Å². The standard InChI is InChI=1S/C12H24N4O2/c1-8(2)7-9-11(17)14-6-4-3-5-10(13)16-12(18)15-9/h8-10H,3-7,13H2,1-2H3,(H,14,17)(H2,15,16,18). The molecule has 104 valence electrons. The van der Waals surface area contributed by atoms with E-state index in [4.69, 9.17) is 5.73 Å². The predicted octanol–water partition coefficient (Wildman–Crippen LogP) is 0.285. The van der Waals surface area contributed by atoms with Crippen molar-refractivity contribution >= 4 is 11.9 Å². The van der Waals surface area contributed by atoms with E-state index in [9.17, 15) is 9.59 Å². The summed E-state index contributed by atoms with van der Waals surface area (Å²) < 4.78 is 0. The molecule has 0 bridgehead atoms. The van der Waals surface area contributed by atoms with E-state index in [0.717, 1.165) is 19.3 Å². The third-order valence-corrected chi connectivity index (χ3v) is 2.89. The van der Waals surface area contributed by atoms with Crippen LogP contribution in [0.3, 0.4) is 0 Å². The molecule has 1 fully saturated rings. The Morgan fingerprint density at radius 3 is 2.67 bits per heavy atom. The monoisotopic (exact) mass is 256 g/mol. The lowest BCUT2D eigenvalue weighted by molar-refractivity contribution is -0.123. The van der Waals surface area contributed by atoms with Gasteiger partial charge in [0.15, 0.2) is 0 Å². The van der Waals surface area contributed by atoms with Crippen LogP contribution in [0.2, 0.25) is 0 Å². The molecule has 0 aromatic heterocycles. The summed E-state index contributed by atoms with van der Waals surface area (Å²) in [4.78, 5) is 23.6. The highest BCUT2D eigenvalue weighted by Crippen LogP contribution is 2.06. The molecule has 6 nitrogen and oxygen atoms in total. The zero-order chi connectivity index (χ0) is 13.5. The molecule has 0 aliphatic carbocycles. The zero-order valence-electron chi connectivity index (χ0n) is 11.2. The lowest BCUT2D eigenvalue weighted by Gasteiger charge is -2.20. The van der Waals surface area contributed by atoms with E-state index in [1.54, 1.807) is 0 Å². The van der Waals surface area contributed by atoms with Crippen LogP contribution < -0.4 is 21.7 Å². The van der Waals surface area contributed by atoms with E-state index < -0.39 is 6.04 Å². The average molecular weight is 256 g/mol. The van der Waals surface area contributed by atoms with Crippen LogP contribution in [0.15, 0.2) is 0 Å². The van der Waals surface area contributed by atoms with Crippen molar-refractivity contribution in [3.63, 3.8) is 0 Å². The lowest BCUT2D eigenvalue weighted by Crippen LogP contribution is -2.53. The quantitative estimate of drug-likeness (QED) is 0.571. The molecule has 1 saturated heterocycles. The highest BCUT2D eigenvalue weighted by atomic mass is 16.2. The van der Waals surface area contributed by atoms with Crippen molar-refractivity contribution < 1.29 is 9.59 Å². The van der Waals surface area contributed by atoms with Gasteiger partial charge in [-0.3, -0.25) is 4.79 Å². The van der Waals surface area contributed by atoms with Crippen molar-refractivity contribution in [3.8, 4) is 0 Å². The molecule has 1 heterocycles. The number of hydrogen-bond acceptors (Lipinski definition) is 3. The molecule has 0 saturated carbocycles. The van der Waals surface area contributed by atoms with E-state index in [1.807, 2.05) is 13.8 Å². The van der Waals surface area contributed by atoms with Gasteiger partial charge in [-0.05, 0) is 31.6 Å². The molecule has 1 aliphatic heterocycles. The SMILES string of the molecule is CC(C)CC1NC(=O)NC(N)CCCCNC1=O. The fraction of sp³-hybridized carbons (Fsp3) is 0.833. The smallest absolute Gasteiger partial charge is 0.316 e.